The summed E-state index contributed by atoms with van der Waals surface area (Å²) in [4.78, 5) is 15.2. The van der Waals surface area contributed by atoms with E-state index in [1.54, 1.807) is 12.4 Å². The minimum absolute atomic E-state index is 0.0340. The molecule has 0 bridgehead atoms. The molecule has 72 valence electrons. The van der Waals surface area contributed by atoms with Crippen LogP contribution in [0, 0.1) is 5.92 Å². The van der Waals surface area contributed by atoms with Crippen molar-refractivity contribution in [2.45, 2.75) is 13.0 Å². The monoisotopic (exact) mass is 189 g/mol. The molecule has 3 heteroatoms. The Labute approximate surface area is 82.4 Å². The molecule has 1 saturated heterocycles. The van der Waals surface area contributed by atoms with Crippen LogP contribution in [0.15, 0.2) is 36.7 Å². The summed E-state index contributed by atoms with van der Waals surface area (Å²) in [6.45, 7) is 5.63. The Bertz CT molecular complexity index is 372. The van der Waals surface area contributed by atoms with Crippen LogP contribution in [0.3, 0.4) is 0 Å². The first kappa shape index (κ1) is 8.94. The lowest BCUT2D eigenvalue weighted by Gasteiger charge is -2.12. The number of esters is 1. The second-order valence-corrected chi connectivity index (χ2v) is 3.43. The van der Waals surface area contributed by atoms with Gasteiger partial charge in [0.05, 0.1) is 0 Å². The van der Waals surface area contributed by atoms with Crippen LogP contribution >= 0.6 is 0 Å². The SMILES string of the molecule is C=C1C(=O)O[C@H](c2cccnc2)[C@@H]1C. The highest BCUT2D eigenvalue weighted by atomic mass is 16.6. The van der Waals surface area contributed by atoms with Gasteiger partial charge in [0.1, 0.15) is 6.10 Å². The van der Waals surface area contributed by atoms with E-state index in [1.807, 2.05) is 19.1 Å². The zero-order valence-electron chi connectivity index (χ0n) is 7.93. The predicted molar refractivity (Wildman–Crippen MR) is 51.4 cm³/mol. The maximum absolute atomic E-state index is 11.2. The summed E-state index contributed by atoms with van der Waals surface area (Å²) in [5.41, 5.74) is 1.46. The van der Waals surface area contributed by atoms with E-state index in [4.69, 9.17) is 4.74 Å². The van der Waals surface area contributed by atoms with Gasteiger partial charge in [0.25, 0.3) is 0 Å². The van der Waals surface area contributed by atoms with Crippen LogP contribution in [0.1, 0.15) is 18.6 Å². The first-order valence-electron chi connectivity index (χ1n) is 4.50. The van der Waals surface area contributed by atoms with Crippen molar-refractivity contribution in [3.05, 3.63) is 42.2 Å². The number of carbonyl (C=O) groups excluding carboxylic acids is 1. The molecule has 0 aromatic carbocycles. The Morgan fingerprint density at radius 1 is 1.57 bits per heavy atom. The van der Waals surface area contributed by atoms with Crippen molar-refractivity contribution in [2.24, 2.45) is 5.92 Å². The van der Waals surface area contributed by atoms with Crippen molar-refractivity contribution in [3.63, 3.8) is 0 Å². The molecule has 1 aliphatic rings. The number of nitrogens with zero attached hydrogens (tertiary/aromatic N) is 1. The molecule has 1 aromatic rings. The number of ether oxygens (including phenoxy) is 1. The third kappa shape index (κ3) is 1.31. The zero-order chi connectivity index (χ0) is 10.1. The molecule has 0 spiro atoms. The first-order chi connectivity index (χ1) is 6.70. The van der Waals surface area contributed by atoms with Gasteiger partial charge in [-0.2, -0.15) is 0 Å². The molecule has 0 saturated carbocycles. The Kier molecular flexibility index (Phi) is 2.08. The van der Waals surface area contributed by atoms with E-state index < -0.39 is 0 Å². The molecular formula is C11H11NO2. The lowest BCUT2D eigenvalue weighted by atomic mass is 9.95. The van der Waals surface area contributed by atoms with Gasteiger partial charge in [-0.1, -0.05) is 19.6 Å². The fourth-order valence-electron chi connectivity index (χ4n) is 1.56. The number of aromatic nitrogens is 1. The van der Waals surface area contributed by atoms with Gasteiger partial charge in [-0.15, -0.1) is 0 Å². The van der Waals surface area contributed by atoms with E-state index in [9.17, 15) is 4.79 Å². The molecular weight excluding hydrogens is 178 g/mol. The molecule has 1 fully saturated rings. The van der Waals surface area contributed by atoms with Gasteiger partial charge in [0.2, 0.25) is 0 Å². The van der Waals surface area contributed by atoms with Crippen LogP contribution in [0.5, 0.6) is 0 Å². The number of pyridine rings is 1. The number of cyclic esters (lactones) is 1. The minimum Gasteiger partial charge on any atom is -0.453 e. The molecule has 0 aliphatic carbocycles. The van der Waals surface area contributed by atoms with Crippen LogP contribution in [-0.4, -0.2) is 11.0 Å². The van der Waals surface area contributed by atoms with Crippen LogP contribution in [0.2, 0.25) is 0 Å². The van der Waals surface area contributed by atoms with Crippen molar-refractivity contribution in [1.29, 1.82) is 0 Å². The maximum atomic E-state index is 11.2. The summed E-state index contributed by atoms with van der Waals surface area (Å²) in [5, 5.41) is 0. The molecule has 3 nitrogen and oxygen atoms in total. The van der Waals surface area contributed by atoms with E-state index >= 15 is 0 Å². The maximum Gasteiger partial charge on any atom is 0.334 e. The topological polar surface area (TPSA) is 39.2 Å². The lowest BCUT2D eigenvalue weighted by molar-refractivity contribution is -0.139. The average Bonchev–Trinajstić information content (AvgIpc) is 2.47. The van der Waals surface area contributed by atoms with Gasteiger partial charge in [-0.3, -0.25) is 4.98 Å². The zero-order valence-corrected chi connectivity index (χ0v) is 7.93. The van der Waals surface area contributed by atoms with Crippen molar-refractivity contribution in [3.8, 4) is 0 Å². The number of rotatable bonds is 1. The number of hydrogen-bond donors (Lipinski definition) is 0. The molecule has 0 amide bonds. The lowest BCUT2D eigenvalue weighted by Crippen LogP contribution is -2.04. The minimum atomic E-state index is -0.300. The summed E-state index contributed by atoms with van der Waals surface area (Å²) in [5.74, 6) is -0.266. The van der Waals surface area contributed by atoms with E-state index in [2.05, 4.69) is 11.6 Å². The fourth-order valence-corrected chi connectivity index (χ4v) is 1.56. The summed E-state index contributed by atoms with van der Waals surface area (Å²) in [6.07, 6.45) is 3.19. The third-order valence-corrected chi connectivity index (χ3v) is 2.51. The Hall–Kier alpha value is -1.64. The third-order valence-electron chi connectivity index (χ3n) is 2.51. The second-order valence-electron chi connectivity index (χ2n) is 3.43. The van der Waals surface area contributed by atoms with Gasteiger partial charge in [0, 0.05) is 29.4 Å². The Balaban J connectivity index is 2.30. The van der Waals surface area contributed by atoms with Crippen molar-refractivity contribution in [1.82, 2.24) is 4.98 Å². The van der Waals surface area contributed by atoms with Gasteiger partial charge in [0.15, 0.2) is 0 Å². The van der Waals surface area contributed by atoms with E-state index in [0.29, 0.717) is 5.57 Å². The smallest absolute Gasteiger partial charge is 0.334 e. The van der Waals surface area contributed by atoms with E-state index in [0.717, 1.165) is 5.56 Å². The average molecular weight is 189 g/mol. The normalized spacial score (nSPS) is 26.4. The predicted octanol–water partition coefficient (Wildman–Crippen LogP) is 1.87. The van der Waals surface area contributed by atoms with Crippen LogP contribution < -0.4 is 0 Å². The number of carbonyl (C=O) groups is 1. The molecule has 1 aromatic heterocycles. The highest BCUT2D eigenvalue weighted by Gasteiger charge is 2.36. The molecule has 0 unspecified atom stereocenters. The molecule has 1 aliphatic heterocycles. The van der Waals surface area contributed by atoms with Crippen LogP contribution in [0.25, 0.3) is 0 Å². The van der Waals surface area contributed by atoms with Crippen LogP contribution in [-0.2, 0) is 9.53 Å². The van der Waals surface area contributed by atoms with Gasteiger partial charge >= 0.3 is 5.97 Å². The molecule has 2 atom stereocenters. The summed E-state index contributed by atoms with van der Waals surface area (Å²) >= 11 is 0. The van der Waals surface area contributed by atoms with Crippen molar-refractivity contribution >= 4 is 5.97 Å². The van der Waals surface area contributed by atoms with Crippen molar-refractivity contribution < 1.29 is 9.53 Å². The van der Waals surface area contributed by atoms with Crippen LogP contribution in [0.4, 0.5) is 0 Å². The molecule has 2 rings (SSSR count). The Morgan fingerprint density at radius 2 is 2.36 bits per heavy atom. The summed E-state index contributed by atoms with van der Waals surface area (Å²) < 4.78 is 5.19. The Morgan fingerprint density at radius 3 is 2.86 bits per heavy atom. The molecule has 0 N–H and O–H groups in total. The largest absolute Gasteiger partial charge is 0.453 e. The molecule has 2 heterocycles. The standard InChI is InChI=1S/C11H11NO2/c1-7-8(2)11(13)14-10(7)9-4-3-5-12-6-9/h3-7,10H,2H2,1H3/t7-,10+/m1/s1. The van der Waals surface area contributed by atoms with Gasteiger partial charge in [-0.25, -0.2) is 4.79 Å². The fraction of sp³-hybridized carbons (Fsp3) is 0.273. The highest BCUT2D eigenvalue weighted by Crippen LogP contribution is 2.37. The van der Waals surface area contributed by atoms with E-state index in [1.165, 1.54) is 0 Å². The molecule has 14 heavy (non-hydrogen) atoms. The van der Waals surface area contributed by atoms with Gasteiger partial charge < -0.3 is 4.74 Å². The summed E-state index contributed by atoms with van der Waals surface area (Å²) in [6, 6.07) is 3.73. The number of hydrogen-bond acceptors (Lipinski definition) is 3. The molecule has 0 radical (unpaired) electrons. The van der Waals surface area contributed by atoms with Crippen molar-refractivity contribution in [2.75, 3.05) is 0 Å². The highest BCUT2D eigenvalue weighted by molar-refractivity contribution is 5.90. The van der Waals surface area contributed by atoms with Gasteiger partial charge in [-0.05, 0) is 6.07 Å². The van der Waals surface area contributed by atoms with E-state index in [-0.39, 0.29) is 18.0 Å². The first-order valence-corrected chi connectivity index (χ1v) is 4.50. The second kappa shape index (κ2) is 3.25. The summed E-state index contributed by atoms with van der Waals surface area (Å²) in [7, 11) is 0. The quantitative estimate of drug-likeness (QED) is 0.500.